The van der Waals surface area contributed by atoms with E-state index >= 15 is 0 Å². The van der Waals surface area contributed by atoms with Crippen LogP contribution in [0.2, 0.25) is 0 Å². The minimum atomic E-state index is -4.51. The Morgan fingerprint density at radius 2 is 1.68 bits per heavy atom. The van der Waals surface area contributed by atoms with E-state index in [9.17, 15) is 28.2 Å². The molecule has 1 aliphatic carbocycles. The highest BCUT2D eigenvalue weighted by molar-refractivity contribution is 5.80. The summed E-state index contributed by atoms with van der Waals surface area (Å²) in [5.74, 6) is -0.514. The van der Waals surface area contributed by atoms with Gasteiger partial charge >= 0.3 is 6.18 Å². The SMILES string of the molecule is O=C(C1CCC(O)CC1)N1C[C@H](O)C[C@H]1c1ccccc1C(F)(F)F. The molecule has 1 aromatic carbocycles. The van der Waals surface area contributed by atoms with Gasteiger partial charge in [-0.3, -0.25) is 4.79 Å². The van der Waals surface area contributed by atoms with Crippen molar-refractivity contribution >= 4 is 5.91 Å². The summed E-state index contributed by atoms with van der Waals surface area (Å²) in [6.07, 6.45) is -3.53. The summed E-state index contributed by atoms with van der Waals surface area (Å²) in [4.78, 5) is 14.2. The molecule has 1 aromatic rings. The summed E-state index contributed by atoms with van der Waals surface area (Å²) < 4.78 is 40.0. The van der Waals surface area contributed by atoms with E-state index in [0.717, 1.165) is 6.07 Å². The molecule has 138 valence electrons. The highest BCUT2D eigenvalue weighted by atomic mass is 19.4. The van der Waals surface area contributed by atoms with E-state index in [0.29, 0.717) is 25.7 Å². The fourth-order valence-electron chi connectivity index (χ4n) is 3.96. The first-order chi connectivity index (χ1) is 11.8. The Balaban J connectivity index is 1.87. The fourth-order valence-corrected chi connectivity index (χ4v) is 3.96. The van der Waals surface area contributed by atoms with Crippen LogP contribution in [-0.4, -0.2) is 39.8 Å². The standard InChI is InChI=1S/C18H22F3NO3/c19-18(20,21)15-4-2-1-3-14(15)16-9-13(24)10-22(16)17(25)11-5-7-12(23)8-6-11/h1-4,11-13,16,23-24H,5-10H2/t11?,12?,13-,16+/m1/s1. The van der Waals surface area contributed by atoms with Crippen LogP contribution in [0.25, 0.3) is 0 Å². The molecule has 1 saturated heterocycles. The number of carbonyl (C=O) groups excluding carboxylic acids is 1. The number of benzene rings is 1. The summed E-state index contributed by atoms with van der Waals surface area (Å²) in [7, 11) is 0. The molecule has 2 N–H and O–H groups in total. The highest BCUT2D eigenvalue weighted by Crippen LogP contribution is 2.41. The first-order valence-corrected chi connectivity index (χ1v) is 8.60. The number of alkyl halides is 3. The van der Waals surface area contributed by atoms with Gasteiger partial charge in [0.2, 0.25) is 5.91 Å². The van der Waals surface area contributed by atoms with Gasteiger partial charge in [0.15, 0.2) is 0 Å². The number of likely N-dealkylation sites (tertiary alicyclic amines) is 1. The molecule has 0 spiro atoms. The summed E-state index contributed by atoms with van der Waals surface area (Å²) >= 11 is 0. The summed E-state index contributed by atoms with van der Waals surface area (Å²) in [5, 5.41) is 19.6. The van der Waals surface area contributed by atoms with Gasteiger partial charge in [0.05, 0.1) is 23.8 Å². The minimum Gasteiger partial charge on any atom is -0.393 e. The smallest absolute Gasteiger partial charge is 0.393 e. The third-order valence-electron chi connectivity index (χ3n) is 5.23. The van der Waals surface area contributed by atoms with Crippen molar-refractivity contribution < 1.29 is 28.2 Å². The lowest BCUT2D eigenvalue weighted by Crippen LogP contribution is -2.39. The molecular formula is C18H22F3NO3. The van der Waals surface area contributed by atoms with Crippen LogP contribution in [-0.2, 0) is 11.0 Å². The Hall–Kier alpha value is -1.60. The zero-order valence-electron chi connectivity index (χ0n) is 13.7. The van der Waals surface area contributed by atoms with E-state index in [1.54, 1.807) is 0 Å². The maximum absolute atomic E-state index is 13.3. The van der Waals surface area contributed by atoms with Gasteiger partial charge < -0.3 is 15.1 Å². The molecule has 1 heterocycles. The number of rotatable bonds is 2. The topological polar surface area (TPSA) is 60.8 Å². The molecule has 0 bridgehead atoms. The van der Waals surface area contributed by atoms with Crippen LogP contribution in [0.4, 0.5) is 13.2 Å². The number of hydrogen-bond donors (Lipinski definition) is 2. The quantitative estimate of drug-likeness (QED) is 0.856. The maximum Gasteiger partial charge on any atom is 0.416 e. The van der Waals surface area contributed by atoms with Crippen molar-refractivity contribution in [3.05, 3.63) is 35.4 Å². The van der Waals surface area contributed by atoms with Gasteiger partial charge in [0, 0.05) is 12.5 Å². The van der Waals surface area contributed by atoms with Crippen LogP contribution in [0.3, 0.4) is 0 Å². The summed E-state index contributed by atoms with van der Waals surface area (Å²) in [6, 6.07) is 4.48. The lowest BCUT2D eigenvalue weighted by Gasteiger charge is -2.32. The monoisotopic (exact) mass is 357 g/mol. The predicted molar refractivity (Wildman–Crippen MR) is 84.5 cm³/mol. The molecular weight excluding hydrogens is 335 g/mol. The van der Waals surface area contributed by atoms with Crippen molar-refractivity contribution in [1.29, 1.82) is 0 Å². The van der Waals surface area contributed by atoms with E-state index in [2.05, 4.69) is 0 Å². The van der Waals surface area contributed by atoms with Crippen molar-refractivity contribution in [1.82, 2.24) is 4.90 Å². The van der Waals surface area contributed by atoms with Gasteiger partial charge in [0.25, 0.3) is 0 Å². The van der Waals surface area contributed by atoms with Gasteiger partial charge in [0.1, 0.15) is 0 Å². The molecule has 7 heteroatoms. The van der Waals surface area contributed by atoms with Crippen molar-refractivity contribution in [3.8, 4) is 0 Å². The predicted octanol–water partition coefficient (Wildman–Crippen LogP) is 2.89. The average Bonchev–Trinajstić information content (AvgIpc) is 2.96. The van der Waals surface area contributed by atoms with Crippen molar-refractivity contribution in [2.24, 2.45) is 5.92 Å². The average molecular weight is 357 g/mol. The molecule has 1 amide bonds. The Labute approximate surface area is 144 Å². The molecule has 2 atom stereocenters. The van der Waals surface area contributed by atoms with Gasteiger partial charge in [-0.1, -0.05) is 18.2 Å². The van der Waals surface area contributed by atoms with Gasteiger partial charge in [-0.15, -0.1) is 0 Å². The van der Waals surface area contributed by atoms with Crippen molar-refractivity contribution in [2.45, 2.75) is 56.5 Å². The zero-order valence-corrected chi connectivity index (χ0v) is 13.7. The normalized spacial score (nSPS) is 30.5. The number of β-amino-alcohol motifs (C(OH)–C–C–N with tert-alkyl or cyclic N) is 1. The molecule has 3 rings (SSSR count). The maximum atomic E-state index is 13.3. The molecule has 2 fully saturated rings. The summed E-state index contributed by atoms with van der Waals surface area (Å²) in [5.41, 5.74) is -0.721. The Kier molecular flexibility index (Phi) is 5.06. The van der Waals surface area contributed by atoms with E-state index in [1.165, 1.54) is 23.1 Å². The van der Waals surface area contributed by atoms with Crippen molar-refractivity contribution in [2.75, 3.05) is 6.54 Å². The number of hydrogen-bond acceptors (Lipinski definition) is 3. The lowest BCUT2D eigenvalue weighted by atomic mass is 9.86. The number of amides is 1. The number of nitrogens with zero attached hydrogens (tertiary/aromatic N) is 1. The minimum absolute atomic E-state index is 0.0377. The van der Waals surface area contributed by atoms with E-state index in [-0.39, 0.29) is 30.4 Å². The van der Waals surface area contributed by atoms with Gasteiger partial charge in [-0.05, 0) is 43.7 Å². The van der Waals surface area contributed by atoms with Gasteiger partial charge in [-0.2, -0.15) is 13.2 Å². The molecule has 0 aromatic heterocycles. The third-order valence-corrected chi connectivity index (χ3v) is 5.23. The molecule has 1 aliphatic heterocycles. The van der Waals surface area contributed by atoms with Crippen LogP contribution in [0, 0.1) is 5.92 Å². The Morgan fingerprint density at radius 1 is 1.04 bits per heavy atom. The van der Waals surface area contributed by atoms with Crippen LogP contribution < -0.4 is 0 Å². The largest absolute Gasteiger partial charge is 0.416 e. The number of aliphatic hydroxyl groups is 2. The number of aliphatic hydroxyl groups excluding tert-OH is 2. The number of carbonyl (C=O) groups is 1. The molecule has 4 nitrogen and oxygen atoms in total. The molecule has 1 saturated carbocycles. The van der Waals surface area contributed by atoms with E-state index < -0.39 is 30.0 Å². The number of halogens is 3. The molecule has 25 heavy (non-hydrogen) atoms. The first-order valence-electron chi connectivity index (χ1n) is 8.60. The first kappa shape index (κ1) is 18.2. The van der Waals surface area contributed by atoms with Gasteiger partial charge in [-0.25, -0.2) is 0 Å². The van der Waals surface area contributed by atoms with Crippen LogP contribution in [0.15, 0.2) is 24.3 Å². The summed E-state index contributed by atoms with van der Waals surface area (Å²) in [6.45, 7) is 0.0503. The lowest BCUT2D eigenvalue weighted by molar-refractivity contribution is -0.142. The van der Waals surface area contributed by atoms with Crippen molar-refractivity contribution in [3.63, 3.8) is 0 Å². The van der Waals surface area contributed by atoms with Crippen LogP contribution in [0.1, 0.15) is 49.3 Å². The van der Waals surface area contributed by atoms with E-state index in [1.807, 2.05) is 0 Å². The second kappa shape index (κ2) is 6.96. The second-order valence-corrected chi connectivity index (χ2v) is 6.99. The van der Waals surface area contributed by atoms with Crippen LogP contribution in [0.5, 0.6) is 0 Å². The Bertz CT molecular complexity index is 626. The van der Waals surface area contributed by atoms with E-state index in [4.69, 9.17) is 0 Å². The molecule has 0 unspecified atom stereocenters. The Morgan fingerprint density at radius 3 is 2.32 bits per heavy atom. The third kappa shape index (κ3) is 3.82. The molecule has 0 radical (unpaired) electrons. The second-order valence-electron chi connectivity index (χ2n) is 6.99. The fraction of sp³-hybridized carbons (Fsp3) is 0.611. The zero-order chi connectivity index (χ0) is 18.2. The van der Waals surface area contributed by atoms with Crippen LogP contribution >= 0.6 is 0 Å². The molecule has 2 aliphatic rings. The highest BCUT2D eigenvalue weighted by Gasteiger charge is 2.43.